The first kappa shape index (κ1) is 14.1. The number of carbonyl (C=O) groups excluding carboxylic acids is 1. The molecular weight excluding hydrogens is 268 g/mol. The van der Waals surface area contributed by atoms with Crippen LogP contribution in [0.2, 0.25) is 0 Å². The maximum atomic E-state index is 12.7. The average Bonchev–Trinajstić information content (AvgIpc) is 2.91. The summed E-state index contributed by atoms with van der Waals surface area (Å²) in [5.74, 6) is -1.26. The molecule has 2 aliphatic rings. The predicted molar refractivity (Wildman–Crippen MR) is 77.4 cm³/mol. The lowest BCUT2D eigenvalue weighted by molar-refractivity contribution is -0.153. The first-order chi connectivity index (χ1) is 10.1. The van der Waals surface area contributed by atoms with Crippen molar-refractivity contribution >= 4 is 11.9 Å². The van der Waals surface area contributed by atoms with Crippen LogP contribution in [0.15, 0.2) is 24.3 Å². The largest absolute Gasteiger partial charge is 0.480 e. The molecule has 21 heavy (non-hydrogen) atoms. The van der Waals surface area contributed by atoms with Crippen molar-refractivity contribution in [2.75, 3.05) is 0 Å². The number of aliphatic carboxylic acids is 1. The van der Waals surface area contributed by atoms with E-state index in [9.17, 15) is 14.7 Å². The molecule has 1 aliphatic carbocycles. The third-order valence-electron chi connectivity index (χ3n) is 4.70. The standard InChI is InChI=1S/C16H20N2O3/c17-13-7-3-6-12(13)15(19)18-9-11-5-2-1-4-10(11)8-14(18)16(20)21/h1-2,4-5,12-14H,3,6-9,17H2,(H,20,21). The minimum atomic E-state index is -0.940. The van der Waals surface area contributed by atoms with Gasteiger partial charge in [-0.1, -0.05) is 30.7 Å². The Morgan fingerprint density at radius 2 is 1.90 bits per heavy atom. The predicted octanol–water partition coefficient (Wildman–Crippen LogP) is 1.15. The van der Waals surface area contributed by atoms with Gasteiger partial charge in [0.05, 0.1) is 5.92 Å². The Bertz CT molecular complexity index is 572. The van der Waals surface area contributed by atoms with Crippen LogP contribution in [0.1, 0.15) is 30.4 Å². The van der Waals surface area contributed by atoms with Gasteiger partial charge in [0, 0.05) is 19.0 Å². The summed E-state index contributed by atoms with van der Waals surface area (Å²) in [7, 11) is 0. The molecule has 1 amide bonds. The number of hydrogen-bond acceptors (Lipinski definition) is 3. The van der Waals surface area contributed by atoms with Crippen molar-refractivity contribution in [3.8, 4) is 0 Å². The molecule has 0 saturated heterocycles. The highest BCUT2D eigenvalue weighted by Crippen LogP contribution is 2.30. The zero-order valence-electron chi connectivity index (χ0n) is 11.9. The van der Waals surface area contributed by atoms with Crippen molar-refractivity contribution in [1.82, 2.24) is 4.90 Å². The lowest BCUT2D eigenvalue weighted by Crippen LogP contribution is -2.52. The molecule has 1 aliphatic heterocycles. The SMILES string of the molecule is NC1CCCC1C(=O)N1Cc2ccccc2CC1C(=O)O. The number of nitrogens with two attached hydrogens (primary N) is 1. The van der Waals surface area contributed by atoms with Gasteiger partial charge in [-0.25, -0.2) is 4.79 Å². The van der Waals surface area contributed by atoms with E-state index < -0.39 is 12.0 Å². The van der Waals surface area contributed by atoms with Crippen molar-refractivity contribution < 1.29 is 14.7 Å². The van der Waals surface area contributed by atoms with Gasteiger partial charge in [-0.15, -0.1) is 0 Å². The lowest BCUT2D eigenvalue weighted by Gasteiger charge is -2.36. The monoisotopic (exact) mass is 288 g/mol. The molecule has 0 bridgehead atoms. The normalized spacial score (nSPS) is 28.2. The molecule has 0 spiro atoms. The Hall–Kier alpha value is -1.88. The summed E-state index contributed by atoms with van der Waals surface area (Å²) in [6, 6.07) is 6.81. The number of hydrogen-bond donors (Lipinski definition) is 2. The van der Waals surface area contributed by atoms with Crippen LogP contribution in [0.3, 0.4) is 0 Å². The molecule has 1 saturated carbocycles. The van der Waals surface area contributed by atoms with Crippen molar-refractivity contribution in [3.05, 3.63) is 35.4 Å². The van der Waals surface area contributed by atoms with Crippen LogP contribution in [0.5, 0.6) is 0 Å². The van der Waals surface area contributed by atoms with Gasteiger partial charge in [0.15, 0.2) is 0 Å². The summed E-state index contributed by atoms with van der Waals surface area (Å²) in [6.45, 7) is 0.370. The number of rotatable bonds is 2. The van der Waals surface area contributed by atoms with Crippen LogP contribution in [0.25, 0.3) is 0 Å². The van der Waals surface area contributed by atoms with E-state index in [1.165, 1.54) is 4.90 Å². The Labute approximate surface area is 123 Å². The highest BCUT2D eigenvalue weighted by molar-refractivity contribution is 5.86. The quantitative estimate of drug-likeness (QED) is 0.855. The molecule has 3 atom stereocenters. The second-order valence-electron chi connectivity index (χ2n) is 5.99. The fourth-order valence-corrected chi connectivity index (χ4v) is 3.48. The minimum absolute atomic E-state index is 0.0955. The van der Waals surface area contributed by atoms with Gasteiger partial charge in [-0.05, 0) is 24.0 Å². The van der Waals surface area contributed by atoms with E-state index in [0.29, 0.717) is 13.0 Å². The zero-order valence-corrected chi connectivity index (χ0v) is 11.9. The van der Waals surface area contributed by atoms with Gasteiger partial charge < -0.3 is 15.7 Å². The molecule has 0 radical (unpaired) electrons. The highest BCUT2D eigenvalue weighted by Gasteiger charge is 2.40. The molecule has 1 aromatic rings. The minimum Gasteiger partial charge on any atom is -0.480 e. The van der Waals surface area contributed by atoms with Crippen LogP contribution in [-0.2, 0) is 22.6 Å². The van der Waals surface area contributed by atoms with Gasteiger partial charge in [-0.3, -0.25) is 4.79 Å². The van der Waals surface area contributed by atoms with Crippen molar-refractivity contribution in [2.45, 2.75) is 44.3 Å². The molecule has 3 N–H and O–H groups in total. The Morgan fingerprint density at radius 1 is 1.19 bits per heavy atom. The van der Waals surface area contributed by atoms with Gasteiger partial charge in [0.1, 0.15) is 6.04 Å². The molecule has 112 valence electrons. The smallest absolute Gasteiger partial charge is 0.326 e. The van der Waals surface area contributed by atoms with Crippen molar-refractivity contribution in [2.24, 2.45) is 11.7 Å². The number of carboxylic acids is 1. The number of amides is 1. The second-order valence-corrected chi connectivity index (χ2v) is 5.99. The molecule has 1 heterocycles. The number of benzene rings is 1. The van der Waals surface area contributed by atoms with E-state index in [0.717, 1.165) is 30.4 Å². The second kappa shape index (κ2) is 5.48. The topological polar surface area (TPSA) is 83.6 Å². The van der Waals surface area contributed by atoms with Crippen LogP contribution in [0.4, 0.5) is 0 Å². The molecule has 1 aromatic carbocycles. The number of nitrogens with zero attached hydrogens (tertiary/aromatic N) is 1. The summed E-state index contributed by atoms with van der Waals surface area (Å²) >= 11 is 0. The maximum Gasteiger partial charge on any atom is 0.326 e. The lowest BCUT2D eigenvalue weighted by atomic mass is 9.91. The fraction of sp³-hybridized carbons (Fsp3) is 0.500. The summed E-state index contributed by atoms with van der Waals surface area (Å²) in [4.78, 5) is 25.8. The number of fused-ring (bicyclic) bond motifs is 1. The number of carbonyl (C=O) groups is 2. The number of carboxylic acid groups (broad SMARTS) is 1. The Morgan fingerprint density at radius 3 is 2.52 bits per heavy atom. The summed E-state index contributed by atoms with van der Waals surface area (Å²) in [5.41, 5.74) is 8.06. The van der Waals surface area contributed by atoms with E-state index in [1.807, 2.05) is 24.3 Å². The highest BCUT2D eigenvalue weighted by atomic mass is 16.4. The molecule has 5 nitrogen and oxygen atoms in total. The van der Waals surface area contributed by atoms with Crippen molar-refractivity contribution in [1.29, 1.82) is 0 Å². The zero-order chi connectivity index (χ0) is 15.0. The molecule has 1 fully saturated rings. The van der Waals surface area contributed by atoms with Gasteiger partial charge in [0.25, 0.3) is 0 Å². The van der Waals surface area contributed by atoms with Crippen LogP contribution < -0.4 is 5.73 Å². The average molecular weight is 288 g/mol. The van der Waals surface area contributed by atoms with Crippen molar-refractivity contribution in [3.63, 3.8) is 0 Å². The van der Waals surface area contributed by atoms with E-state index in [-0.39, 0.29) is 17.9 Å². The van der Waals surface area contributed by atoms with Crippen LogP contribution >= 0.6 is 0 Å². The van der Waals surface area contributed by atoms with E-state index in [1.54, 1.807) is 0 Å². The van der Waals surface area contributed by atoms with Crippen LogP contribution in [-0.4, -0.2) is 34.0 Å². The summed E-state index contributed by atoms with van der Waals surface area (Å²) in [5, 5.41) is 9.47. The Balaban J connectivity index is 1.89. The summed E-state index contributed by atoms with van der Waals surface area (Å²) in [6.07, 6.45) is 2.93. The molecule has 3 rings (SSSR count). The fourth-order valence-electron chi connectivity index (χ4n) is 3.48. The van der Waals surface area contributed by atoms with Gasteiger partial charge in [-0.2, -0.15) is 0 Å². The van der Waals surface area contributed by atoms with E-state index in [2.05, 4.69) is 0 Å². The van der Waals surface area contributed by atoms with E-state index in [4.69, 9.17) is 5.73 Å². The first-order valence-electron chi connectivity index (χ1n) is 7.43. The van der Waals surface area contributed by atoms with Gasteiger partial charge in [0.2, 0.25) is 5.91 Å². The van der Waals surface area contributed by atoms with E-state index >= 15 is 0 Å². The maximum absolute atomic E-state index is 12.7. The molecule has 0 aromatic heterocycles. The summed E-state index contributed by atoms with van der Waals surface area (Å²) < 4.78 is 0. The third kappa shape index (κ3) is 2.53. The Kier molecular flexibility index (Phi) is 3.68. The first-order valence-corrected chi connectivity index (χ1v) is 7.43. The molecule has 3 unspecified atom stereocenters. The molecule has 5 heteroatoms. The third-order valence-corrected chi connectivity index (χ3v) is 4.70. The molecular formula is C16H20N2O3. The van der Waals surface area contributed by atoms with Crippen LogP contribution in [0, 0.1) is 5.92 Å². The van der Waals surface area contributed by atoms with Gasteiger partial charge >= 0.3 is 5.97 Å².